The van der Waals surface area contributed by atoms with Crippen LogP contribution in [-0.2, 0) is 13.0 Å². The Kier molecular flexibility index (Phi) is 4.95. The van der Waals surface area contributed by atoms with Crippen molar-refractivity contribution in [3.8, 4) is 5.75 Å². The molecule has 0 aliphatic heterocycles. The Morgan fingerprint density at radius 3 is 2.37 bits per heavy atom. The van der Waals surface area contributed by atoms with E-state index in [1.165, 1.54) is 5.56 Å². The molecule has 0 spiro atoms. The Labute approximate surface area is 113 Å². The second-order valence-electron chi connectivity index (χ2n) is 4.62. The number of phenolic OH excluding ortho intramolecular Hbond substituents is 1. The molecular formula is C16H19NO2. The van der Waals surface area contributed by atoms with Crippen LogP contribution in [0, 0.1) is 0 Å². The van der Waals surface area contributed by atoms with Crippen LogP contribution >= 0.6 is 0 Å². The van der Waals surface area contributed by atoms with Gasteiger partial charge in [0.15, 0.2) is 0 Å². The monoisotopic (exact) mass is 257 g/mol. The number of aliphatic hydroxyl groups is 1. The maximum atomic E-state index is 9.41. The van der Waals surface area contributed by atoms with Crippen LogP contribution in [0.5, 0.6) is 5.75 Å². The lowest BCUT2D eigenvalue weighted by Gasteiger charge is -2.16. The molecule has 0 aliphatic carbocycles. The van der Waals surface area contributed by atoms with Crippen molar-refractivity contribution in [3.05, 3.63) is 65.7 Å². The molecule has 0 radical (unpaired) electrons. The number of hydrogen-bond donors (Lipinski definition) is 3. The minimum absolute atomic E-state index is 0.0183. The van der Waals surface area contributed by atoms with Crippen LogP contribution in [0.25, 0.3) is 0 Å². The zero-order chi connectivity index (χ0) is 13.5. The van der Waals surface area contributed by atoms with Crippen molar-refractivity contribution in [1.82, 2.24) is 5.32 Å². The summed E-state index contributed by atoms with van der Waals surface area (Å²) in [6.45, 7) is 0.722. The molecule has 0 heterocycles. The third-order valence-corrected chi connectivity index (χ3v) is 3.05. The number of aromatic hydroxyl groups is 1. The van der Waals surface area contributed by atoms with Crippen LogP contribution in [0.1, 0.15) is 11.1 Å². The summed E-state index contributed by atoms with van der Waals surface area (Å²) in [4.78, 5) is 0. The van der Waals surface area contributed by atoms with Gasteiger partial charge in [-0.1, -0.05) is 42.5 Å². The zero-order valence-corrected chi connectivity index (χ0v) is 10.8. The van der Waals surface area contributed by atoms with E-state index < -0.39 is 0 Å². The first-order chi connectivity index (χ1) is 9.28. The highest BCUT2D eigenvalue weighted by Gasteiger charge is 2.07. The van der Waals surface area contributed by atoms with Crippen LogP contribution < -0.4 is 5.32 Å². The fraction of sp³-hybridized carbons (Fsp3) is 0.250. The lowest BCUT2D eigenvalue weighted by atomic mass is 10.1. The maximum absolute atomic E-state index is 9.41. The second-order valence-corrected chi connectivity index (χ2v) is 4.62. The summed E-state index contributed by atoms with van der Waals surface area (Å²) in [5, 5.41) is 22.1. The van der Waals surface area contributed by atoms with Crippen molar-refractivity contribution in [2.24, 2.45) is 0 Å². The van der Waals surface area contributed by atoms with E-state index in [9.17, 15) is 10.2 Å². The highest BCUT2D eigenvalue weighted by Crippen LogP contribution is 2.11. The van der Waals surface area contributed by atoms with E-state index >= 15 is 0 Å². The summed E-state index contributed by atoms with van der Waals surface area (Å²) in [6, 6.07) is 17.2. The molecule has 2 aromatic rings. The Bertz CT molecular complexity index is 499. The molecule has 0 bridgehead atoms. The average molecular weight is 257 g/mol. The largest absolute Gasteiger partial charge is 0.508 e. The van der Waals surface area contributed by atoms with Gasteiger partial charge in [-0.2, -0.15) is 0 Å². The van der Waals surface area contributed by atoms with Gasteiger partial charge in [0.2, 0.25) is 0 Å². The quantitative estimate of drug-likeness (QED) is 0.742. The number of aliphatic hydroxyl groups excluding tert-OH is 1. The predicted molar refractivity (Wildman–Crippen MR) is 76.0 cm³/mol. The SMILES string of the molecule is OC[C@@H](Cc1ccccc1)NCc1cccc(O)c1. The smallest absolute Gasteiger partial charge is 0.115 e. The van der Waals surface area contributed by atoms with E-state index in [-0.39, 0.29) is 18.4 Å². The van der Waals surface area contributed by atoms with Crippen LogP contribution in [0.15, 0.2) is 54.6 Å². The van der Waals surface area contributed by atoms with Crippen molar-refractivity contribution in [1.29, 1.82) is 0 Å². The van der Waals surface area contributed by atoms with Crippen molar-refractivity contribution in [2.45, 2.75) is 19.0 Å². The summed E-state index contributed by atoms with van der Waals surface area (Å²) in [6.07, 6.45) is 0.788. The van der Waals surface area contributed by atoms with Crippen LogP contribution in [0.3, 0.4) is 0 Å². The van der Waals surface area contributed by atoms with Gasteiger partial charge in [0.25, 0.3) is 0 Å². The average Bonchev–Trinajstić information content (AvgIpc) is 2.44. The third kappa shape index (κ3) is 4.39. The Hall–Kier alpha value is -1.84. The molecule has 0 saturated heterocycles. The summed E-state index contributed by atoms with van der Waals surface area (Å²) in [7, 11) is 0. The fourth-order valence-electron chi connectivity index (χ4n) is 2.03. The topological polar surface area (TPSA) is 52.5 Å². The first-order valence-electron chi connectivity index (χ1n) is 6.44. The van der Waals surface area contributed by atoms with E-state index in [1.54, 1.807) is 12.1 Å². The molecule has 0 aromatic heterocycles. The Balaban J connectivity index is 1.89. The standard InChI is InChI=1S/C16H19NO2/c18-12-15(9-13-5-2-1-3-6-13)17-11-14-7-4-8-16(19)10-14/h1-8,10,15,17-19H,9,11-12H2/t15-/m1/s1. The normalized spacial score (nSPS) is 12.3. The van der Waals surface area contributed by atoms with Crippen LogP contribution in [0.4, 0.5) is 0 Å². The molecule has 0 unspecified atom stereocenters. The molecule has 0 aliphatic rings. The van der Waals surface area contributed by atoms with E-state index in [0.29, 0.717) is 6.54 Å². The maximum Gasteiger partial charge on any atom is 0.115 e. The Morgan fingerprint density at radius 1 is 0.947 bits per heavy atom. The Morgan fingerprint density at radius 2 is 1.68 bits per heavy atom. The molecule has 3 heteroatoms. The van der Waals surface area contributed by atoms with Crippen molar-refractivity contribution >= 4 is 0 Å². The van der Waals surface area contributed by atoms with Gasteiger partial charge < -0.3 is 15.5 Å². The molecule has 100 valence electrons. The third-order valence-electron chi connectivity index (χ3n) is 3.05. The van der Waals surface area contributed by atoms with Crippen molar-refractivity contribution in [2.75, 3.05) is 6.61 Å². The number of phenols is 1. The molecule has 0 fully saturated rings. The van der Waals surface area contributed by atoms with E-state index in [1.807, 2.05) is 30.3 Å². The van der Waals surface area contributed by atoms with E-state index in [2.05, 4.69) is 17.4 Å². The van der Waals surface area contributed by atoms with Crippen molar-refractivity contribution < 1.29 is 10.2 Å². The molecule has 2 rings (SSSR count). The lowest BCUT2D eigenvalue weighted by Crippen LogP contribution is -2.33. The van der Waals surface area contributed by atoms with Crippen LogP contribution in [-0.4, -0.2) is 22.9 Å². The molecule has 3 nitrogen and oxygen atoms in total. The minimum Gasteiger partial charge on any atom is -0.508 e. The van der Waals surface area contributed by atoms with Gasteiger partial charge in [0.05, 0.1) is 6.61 Å². The van der Waals surface area contributed by atoms with E-state index in [4.69, 9.17) is 0 Å². The summed E-state index contributed by atoms with van der Waals surface area (Å²) >= 11 is 0. The van der Waals surface area contributed by atoms with Gasteiger partial charge in [-0.25, -0.2) is 0 Å². The predicted octanol–water partition coefficient (Wildman–Crippen LogP) is 2.09. The van der Waals surface area contributed by atoms with Gasteiger partial charge in [-0.3, -0.25) is 0 Å². The zero-order valence-electron chi connectivity index (χ0n) is 10.8. The molecule has 1 atom stereocenters. The summed E-state index contributed by atoms with van der Waals surface area (Å²) in [5.41, 5.74) is 2.21. The number of hydrogen-bond acceptors (Lipinski definition) is 3. The van der Waals surface area contributed by atoms with Crippen LogP contribution in [0.2, 0.25) is 0 Å². The first-order valence-corrected chi connectivity index (χ1v) is 6.44. The lowest BCUT2D eigenvalue weighted by molar-refractivity contribution is 0.241. The van der Waals surface area contributed by atoms with Gasteiger partial charge in [-0.05, 0) is 29.7 Å². The number of benzene rings is 2. The molecule has 19 heavy (non-hydrogen) atoms. The molecule has 2 aromatic carbocycles. The fourth-order valence-corrected chi connectivity index (χ4v) is 2.03. The molecular weight excluding hydrogens is 238 g/mol. The summed E-state index contributed by atoms with van der Waals surface area (Å²) < 4.78 is 0. The second kappa shape index (κ2) is 6.92. The summed E-state index contributed by atoms with van der Waals surface area (Å²) in [5.74, 6) is 0.267. The van der Waals surface area contributed by atoms with Gasteiger partial charge in [-0.15, -0.1) is 0 Å². The van der Waals surface area contributed by atoms with Gasteiger partial charge >= 0.3 is 0 Å². The van der Waals surface area contributed by atoms with Gasteiger partial charge in [0.1, 0.15) is 5.75 Å². The number of rotatable bonds is 6. The molecule has 3 N–H and O–H groups in total. The van der Waals surface area contributed by atoms with Crippen molar-refractivity contribution in [3.63, 3.8) is 0 Å². The first kappa shape index (κ1) is 13.6. The molecule has 0 amide bonds. The highest BCUT2D eigenvalue weighted by molar-refractivity contribution is 5.27. The number of nitrogens with one attached hydrogen (secondary N) is 1. The minimum atomic E-state index is 0.0183. The molecule has 0 saturated carbocycles. The van der Waals surface area contributed by atoms with E-state index in [0.717, 1.165) is 12.0 Å². The highest BCUT2D eigenvalue weighted by atomic mass is 16.3. The van der Waals surface area contributed by atoms with Gasteiger partial charge in [0, 0.05) is 12.6 Å².